The number of aryl methyl sites for hydroxylation is 1. The Morgan fingerprint density at radius 2 is 1.83 bits per heavy atom. The van der Waals surface area contributed by atoms with E-state index in [1.807, 2.05) is 11.3 Å². The van der Waals surface area contributed by atoms with Crippen LogP contribution in [0.2, 0.25) is 0 Å². The number of rotatable bonds is 2. The number of thiophene rings is 1. The van der Waals surface area contributed by atoms with Crippen LogP contribution in [0.3, 0.4) is 0 Å². The lowest BCUT2D eigenvalue weighted by Crippen LogP contribution is -2.23. The Labute approximate surface area is 113 Å². The van der Waals surface area contributed by atoms with E-state index in [1.54, 1.807) is 0 Å². The van der Waals surface area contributed by atoms with Crippen LogP contribution in [-0.4, -0.2) is 18.0 Å². The maximum Gasteiger partial charge on any atom is 0.0348 e. The largest absolute Gasteiger partial charge is 0.298 e. The fourth-order valence-corrected chi connectivity index (χ4v) is 3.99. The second kappa shape index (κ2) is 5.41. The molecule has 0 N–H and O–H groups in total. The number of fused-ring (bicyclic) bond motifs is 1. The lowest BCUT2D eigenvalue weighted by Gasteiger charge is -2.18. The Balaban J connectivity index is 1.77. The van der Waals surface area contributed by atoms with Crippen molar-refractivity contribution in [3.05, 3.63) is 34.7 Å². The molecule has 0 spiro atoms. The summed E-state index contributed by atoms with van der Waals surface area (Å²) >= 11 is 1.97. The van der Waals surface area contributed by atoms with Crippen molar-refractivity contribution < 1.29 is 0 Å². The normalized spacial score (nSPS) is 18.1. The van der Waals surface area contributed by atoms with Gasteiger partial charge in [-0.25, -0.2) is 0 Å². The summed E-state index contributed by atoms with van der Waals surface area (Å²) in [7, 11) is 0. The topological polar surface area (TPSA) is 3.24 Å². The Hall–Kier alpha value is -0.860. The highest BCUT2D eigenvalue weighted by Gasteiger charge is 2.11. The highest BCUT2D eigenvalue weighted by molar-refractivity contribution is 7.19. The molecule has 2 heterocycles. The van der Waals surface area contributed by atoms with Crippen LogP contribution in [0.25, 0.3) is 10.1 Å². The molecule has 2 aromatic rings. The molecule has 0 radical (unpaired) electrons. The maximum absolute atomic E-state index is 2.63. The molecule has 1 aromatic heterocycles. The van der Waals surface area contributed by atoms with Gasteiger partial charge in [0.05, 0.1) is 0 Å². The van der Waals surface area contributed by atoms with Crippen molar-refractivity contribution >= 4 is 21.4 Å². The molecule has 96 valence electrons. The summed E-state index contributed by atoms with van der Waals surface area (Å²) in [6, 6.07) is 9.16. The number of likely N-dealkylation sites (tertiary alicyclic amines) is 1. The molecule has 1 fully saturated rings. The molecule has 0 aliphatic carbocycles. The van der Waals surface area contributed by atoms with Gasteiger partial charge in [-0.15, -0.1) is 11.3 Å². The van der Waals surface area contributed by atoms with Gasteiger partial charge in [0.2, 0.25) is 0 Å². The van der Waals surface area contributed by atoms with E-state index < -0.39 is 0 Å². The zero-order valence-corrected chi connectivity index (χ0v) is 11.9. The van der Waals surface area contributed by atoms with Crippen LogP contribution in [0.1, 0.15) is 36.1 Å². The Bertz CT molecular complexity index is 521. The average Bonchev–Trinajstić information content (AvgIpc) is 2.57. The summed E-state index contributed by atoms with van der Waals surface area (Å²) in [4.78, 5) is 4.15. The summed E-state index contributed by atoms with van der Waals surface area (Å²) in [5, 5.41) is 1.41. The average molecular weight is 259 g/mol. The first-order chi connectivity index (χ1) is 8.81. The zero-order valence-electron chi connectivity index (χ0n) is 11.1. The predicted molar refractivity (Wildman–Crippen MR) is 80.3 cm³/mol. The number of benzene rings is 1. The van der Waals surface area contributed by atoms with Crippen LogP contribution in [-0.2, 0) is 6.54 Å². The summed E-state index contributed by atoms with van der Waals surface area (Å²) in [5.41, 5.74) is 1.37. The van der Waals surface area contributed by atoms with Crippen molar-refractivity contribution in [2.45, 2.75) is 39.2 Å². The van der Waals surface area contributed by atoms with Crippen molar-refractivity contribution in [3.8, 4) is 0 Å². The van der Waals surface area contributed by atoms with Crippen molar-refractivity contribution in [3.63, 3.8) is 0 Å². The number of hydrogen-bond acceptors (Lipinski definition) is 2. The van der Waals surface area contributed by atoms with Gasteiger partial charge in [0.25, 0.3) is 0 Å². The number of hydrogen-bond donors (Lipinski definition) is 0. The molecule has 1 aliphatic rings. The smallest absolute Gasteiger partial charge is 0.0348 e. The van der Waals surface area contributed by atoms with Gasteiger partial charge in [0.1, 0.15) is 0 Å². The predicted octanol–water partition coefficient (Wildman–Crippen LogP) is 4.59. The molecule has 1 nitrogen and oxygen atoms in total. The van der Waals surface area contributed by atoms with Crippen LogP contribution < -0.4 is 0 Å². The Morgan fingerprint density at radius 1 is 1.06 bits per heavy atom. The van der Waals surface area contributed by atoms with E-state index in [-0.39, 0.29) is 0 Å². The van der Waals surface area contributed by atoms with Crippen LogP contribution in [0.15, 0.2) is 24.3 Å². The van der Waals surface area contributed by atoms with Crippen LogP contribution >= 0.6 is 11.3 Å². The molecule has 1 aromatic carbocycles. The van der Waals surface area contributed by atoms with Gasteiger partial charge in [0, 0.05) is 16.1 Å². The highest BCUT2D eigenvalue weighted by Crippen LogP contribution is 2.28. The Kier molecular flexibility index (Phi) is 3.67. The van der Waals surface area contributed by atoms with Gasteiger partial charge in [-0.05, 0) is 55.9 Å². The first-order valence-electron chi connectivity index (χ1n) is 7.03. The lowest BCUT2D eigenvalue weighted by atomic mass is 10.2. The molecule has 0 atom stereocenters. The number of nitrogens with zero attached hydrogens (tertiary/aromatic N) is 1. The van der Waals surface area contributed by atoms with E-state index in [0.29, 0.717) is 0 Å². The molecule has 1 aliphatic heterocycles. The third kappa shape index (κ3) is 2.76. The van der Waals surface area contributed by atoms with Gasteiger partial charge in [0.15, 0.2) is 0 Å². The quantitative estimate of drug-likeness (QED) is 0.762. The van der Waals surface area contributed by atoms with E-state index in [0.717, 1.165) is 6.54 Å². The highest BCUT2D eigenvalue weighted by atomic mass is 32.1. The van der Waals surface area contributed by atoms with E-state index in [9.17, 15) is 0 Å². The van der Waals surface area contributed by atoms with E-state index in [2.05, 4.69) is 36.1 Å². The molecule has 0 unspecified atom stereocenters. The first kappa shape index (κ1) is 12.2. The van der Waals surface area contributed by atoms with E-state index in [4.69, 9.17) is 0 Å². The van der Waals surface area contributed by atoms with Crippen LogP contribution in [0.5, 0.6) is 0 Å². The second-order valence-electron chi connectivity index (χ2n) is 5.44. The summed E-state index contributed by atoms with van der Waals surface area (Å²) in [6.45, 7) is 5.90. The zero-order chi connectivity index (χ0) is 12.4. The maximum atomic E-state index is 2.63. The fourth-order valence-electron chi connectivity index (χ4n) is 2.79. The van der Waals surface area contributed by atoms with Crippen molar-refractivity contribution in [1.82, 2.24) is 4.90 Å². The van der Waals surface area contributed by atoms with Crippen molar-refractivity contribution in [2.75, 3.05) is 13.1 Å². The molecule has 1 saturated heterocycles. The van der Waals surface area contributed by atoms with Gasteiger partial charge in [-0.1, -0.05) is 25.0 Å². The van der Waals surface area contributed by atoms with Gasteiger partial charge < -0.3 is 0 Å². The lowest BCUT2D eigenvalue weighted by molar-refractivity contribution is 0.279. The Morgan fingerprint density at radius 3 is 2.61 bits per heavy atom. The molecule has 0 amide bonds. The first-order valence-corrected chi connectivity index (χ1v) is 7.84. The van der Waals surface area contributed by atoms with Crippen LogP contribution in [0.4, 0.5) is 0 Å². The molecular formula is C16H21NS. The van der Waals surface area contributed by atoms with Crippen LogP contribution in [0, 0.1) is 6.92 Å². The van der Waals surface area contributed by atoms with Gasteiger partial charge in [-0.3, -0.25) is 4.90 Å². The minimum atomic E-state index is 1.15. The SMILES string of the molecule is Cc1ccc2cc(CN3CCCCCC3)sc2c1. The van der Waals surface area contributed by atoms with E-state index in [1.165, 1.54) is 59.3 Å². The monoisotopic (exact) mass is 259 g/mol. The van der Waals surface area contributed by atoms with Gasteiger partial charge >= 0.3 is 0 Å². The summed E-state index contributed by atoms with van der Waals surface area (Å²) in [5.74, 6) is 0. The third-order valence-electron chi connectivity index (χ3n) is 3.80. The van der Waals surface area contributed by atoms with Gasteiger partial charge in [-0.2, -0.15) is 0 Å². The van der Waals surface area contributed by atoms with Crippen molar-refractivity contribution in [2.24, 2.45) is 0 Å². The second-order valence-corrected chi connectivity index (χ2v) is 6.61. The minimum Gasteiger partial charge on any atom is -0.298 e. The molecule has 0 saturated carbocycles. The summed E-state index contributed by atoms with van der Waals surface area (Å²) < 4.78 is 1.44. The molecular weight excluding hydrogens is 238 g/mol. The van der Waals surface area contributed by atoms with Crippen molar-refractivity contribution in [1.29, 1.82) is 0 Å². The summed E-state index contributed by atoms with van der Waals surface area (Å²) in [6.07, 6.45) is 5.60. The third-order valence-corrected chi connectivity index (χ3v) is 4.89. The minimum absolute atomic E-state index is 1.15. The van der Waals surface area contributed by atoms with E-state index >= 15 is 0 Å². The molecule has 0 bridgehead atoms. The molecule has 2 heteroatoms. The standard InChI is InChI=1S/C16H21NS/c1-13-6-7-14-11-15(18-16(14)10-13)12-17-8-4-2-3-5-9-17/h6-7,10-11H,2-5,8-9,12H2,1H3. The molecule has 3 rings (SSSR count). The fraction of sp³-hybridized carbons (Fsp3) is 0.500. The molecule has 18 heavy (non-hydrogen) atoms.